The van der Waals surface area contributed by atoms with Crippen LogP contribution in [-0.4, -0.2) is 87.6 Å². The number of piperidine rings is 1. The molecule has 50 heavy (non-hydrogen) atoms. The highest BCUT2D eigenvalue weighted by Gasteiger charge is 2.22. The van der Waals surface area contributed by atoms with Crippen LogP contribution in [0.1, 0.15) is 63.9 Å². The molecule has 0 aromatic heterocycles. The third-order valence-corrected chi connectivity index (χ3v) is 8.69. The summed E-state index contributed by atoms with van der Waals surface area (Å²) < 4.78 is 17.2. The van der Waals surface area contributed by atoms with E-state index >= 15 is 0 Å². The van der Waals surface area contributed by atoms with Gasteiger partial charge in [0.2, 0.25) is 5.91 Å². The van der Waals surface area contributed by atoms with Crippen LogP contribution in [0.15, 0.2) is 78.9 Å². The Hall–Kier alpha value is -4.71. The maximum absolute atomic E-state index is 13.1. The molecular formula is C39H51N5O6. The third-order valence-electron chi connectivity index (χ3n) is 8.69. The van der Waals surface area contributed by atoms with Crippen molar-refractivity contribution >= 4 is 23.4 Å². The quantitative estimate of drug-likeness (QED) is 0.126. The molecule has 0 spiro atoms. The van der Waals surface area contributed by atoms with Crippen molar-refractivity contribution < 1.29 is 28.6 Å². The van der Waals surface area contributed by atoms with Gasteiger partial charge >= 0.3 is 0 Å². The molecule has 4 rings (SSSR count). The van der Waals surface area contributed by atoms with Gasteiger partial charge in [0.05, 0.1) is 31.6 Å². The summed E-state index contributed by atoms with van der Waals surface area (Å²) in [5, 5.41) is 5.84. The van der Waals surface area contributed by atoms with Crippen LogP contribution >= 0.6 is 0 Å². The summed E-state index contributed by atoms with van der Waals surface area (Å²) >= 11 is 0. The molecule has 0 bridgehead atoms. The number of unbranched alkanes of at least 4 members (excludes halogenated alkanes) is 1. The van der Waals surface area contributed by atoms with Gasteiger partial charge in [0.25, 0.3) is 11.8 Å². The number of anilines is 1. The van der Waals surface area contributed by atoms with Crippen LogP contribution in [0.25, 0.3) is 0 Å². The molecule has 1 fully saturated rings. The summed E-state index contributed by atoms with van der Waals surface area (Å²) in [5.74, 6) is 0.262. The van der Waals surface area contributed by atoms with E-state index in [1.165, 1.54) is 7.11 Å². The fourth-order valence-electron chi connectivity index (χ4n) is 5.70. The van der Waals surface area contributed by atoms with Gasteiger partial charge in [0.1, 0.15) is 11.5 Å². The molecule has 0 radical (unpaired) electrons. The Morgan fingerprint density at radius 1 is 0.920 bits per heavy atom. The highest BCUT2D eigenvalue weighted by molar-refractivity contribution is 6.07. The number of likely N-dealkylation sites (tertiary alicyclic amines) is 1. The highest BCUT2D eigenvalue weighted by Crippen LogP contribution is 2.28. The zero-order valence-corrected chi connectivity index (χ0v) is 29.5. The monoisotopic (exact) mass is 685 g/mol. The minimum absolute atomic E-state index is 0.0854. The molecule has 4 N–H and O–H groups in total. The van der Waals surface area contributed by atoms with E-state index in [9.17, 15) is 14.4 Å². The standard InChI is InChI=1S/C39H51N5O6/c1-43(2)32-19-22-44(23-20-32)37(45)16-5-4-10-24-49-28-31-13-7-6-12-30(31)27-41-38(46)29-17-18-34(36(26-29)48-3)42-39(47)33-14-8-9-15-35(33)50-25-11-21-40/h5-9,12-18,26,32H,4,10-11,19-25,27-28,40H2,1-3H3,(H,41,46)(H,42,47)/b16-5+. The Morgan fingerprint density at radius 3 is 2.40 bits per heavy atom. The molecule has 0 aliphatic carbocycles. The Labute approximate surface area is 295 Å². The van der Waals surface area contributed by atoms with E-state index in [1.807, 2.05) is 35.2 Å². The van der Waals surface area contributed by atoms with E-state index in [1.54, 1.807) is 48.5 Å². The zero-order chi connectivity index (χ0) is 35.7. The second-order valence-corrected chi connectivity index (χ2v) is 12.4. The summed E-state index contributed by atoms with van der Waals surface area (Å²) in [7, 11) is 5.67. The van der Waals surface area contributed by atoms with Gasteiger partial charge in [-0.1, -0.05) is 42.5 Å². The van der Waals surface area contributed by atoms with Crippen LogP contribution in [0, 0.1) is 0 Å². The maximum atomic E-state index is 13.1. The number of nitrogens with zero attached hydrogens (tertiary/aromatic N) is 2. The van der Waals surface area contributed by atoms with Crippen LogP contribution in [0.3, 0.4) is 0 Å². The van der Waals surface area contributed by atoms with Gasteiger partial charge in [-0.2, -0.15) is 0 Å². The number of nitrogens with one attached hydrogen (secondary N) is 2. The van der Waals surface area contributed by atoms with Crippen LogP contribution in [-0.2, 0) is 22.7 Å². The number of nitrogens with two attached hydrogens (primary N) is 1. The number of methoxy groups -OCH3 is 1. The highest BCUT2D eigenvalue weighted by atomic mass is 16.5. The van der Waals surface area contributed by atoms with Crippen molar-refractivity contribution in [2.75, 3.05) is 59.4 Å². The van der Waals surface area contributed by atoms with Crippen LogP contribution < -0.4 is 25.8 Å². The first-order valence-electron chi connectivity index (χ1n) is 17.3. The lowest BCUT2D eigenvalue weighted by Gasteiger charge is -2.34. The predicted molar refractivity (Wildman–Crippen MR) is 195 cm³/mol. The van der Waals surface area contributed by atoms with Crippen molar-refractivity contribution in [1.29, 1.82) is 0 Å². The van der Waals surface area contributed by atoms with E-state index < -0.39 is 0 Å². The lowest BCUT2D eigenvalue weighted by Crippen LogP contribution is -2.43. The molecule has 11 nitrogen and oxygen atoms in total. The largest absolute Gasteiger partial charge is 0.495 e. The summed E-state index contributed by atoms with van der Waals surface area (Å²) in [6, 6.07) is 20.2. The fraction of sp³-hybridized carbons (Fsp3) is 0.410. The smallest absolute Gasteiger partial charge is 0.259 e. The topological polar surface area (TPSA) is 135 Å². The second-order valence-electron chi connectivity index (χ2n) is 12.4. The van der Waals surface area contributed by atoms with Gasteiger partial charge in [-0.15, -0.1) is 0 Å². The molecular weight excluding hydrogens is 634 g/mol. The van der Waals surface area contributed by atoms with Gasteiger partial charge in [-0.3, -0.25) is 14.4 Å². The molecule has 0 atom stereocenters. The molecule has 11 heteroatoms. The van der Waals surface area contributed by atoms with Gasteiger partial charge in [-0.25, -0.2) is 0 Å². The number of amides is 3. The molecule has 0 saturated carbocycles. The Bertz CT molecular complexity index is 1580. The van der Waals surface area contributed by atoms with Crippen LogP contribution in [0.4, 0.5) is 5.69 Å². The maximum Gasteiger partial charge on any atom is 0.259 e. The van der Waals surface area contributed by atoms with Crippen molar-refractivity contribution in [2.24, 2.45) is 5.73 Å². The predicted octanol–water partition coefficient (Wildman–Crippen LogP) is 5.01. The Morgan fingerprint density at radius 2 is 1.66 bits per heavy atom. The van der Waals surface area contributed by atoms with Gasteiger partial charge < -0.3 is 40.4 Å². The zero-order valence-electron chi connectivity index (χ0n) is 29.5. The number of hydrogen-bond donors (Lipinski definition) is 3. The number of ether oxygens (including phenoxy) is 3. The summed E-state index contributed by atoms with van der Waals surface area (Å²) in [6.07, 6.45) is 7.89. The van der Waals surface area contributed by atoms with E-state index in [0.717, 1.165) is 49.9 Å². The molecule has 3 aromatic rings. The lowest BCUT2D eigenvalue weighted by molar-refractivity contribution is -0.127. The molecule has 0 unspecified atom stereocenters. The number of carbonyl (C=O) groups excluding carboxylic acids is 3. The van der Waals surface area contributed by atoms with Crippen LogP contribution in [0.2, 0.25) is 0 Å². The number of carbonyl (C=O) groups is 3. The van der Waals surface area contributed by atoms with E-state index in [-0.39, 0.29) is 17.7 Å². The fourth-order valence-corrected chi connectivity index (χ4v) is 5.70. The SMILES string of the molecule is COc1cc(C(=O)NCc2ccccc2COCCC/C=C/C(=O)N2CCC(N(C)C)CC2)ccc1NC(=O)c1ccccc1OCCCN. The summed E-state index contributed by atoms with van der Waals surface area (Å²) in [5.41, 5.74) is 8.70. The van der Waals surface area contributed by atoms with Gasteiger partial charge in [-0.05, 0) is 100 Å². The van der Waals surface area contributed by atoms with Crippen molar-refractivity contribution in [2.45, 2.75) is 51.3 Å². The van der Waals surface area contributed by atoms with Crippen molar-refractivity contribution in [3.63, 3.8) is 0 Å². The molecule has 3 amide bonds. The number of allylic oxidation sites excluding steroid dienone is 1. The minimum atomic E-state index is -0.360. The molecule has 1 aliphatic rings. The number of para-hydroxylation sites is 1. The third kappa shape index (κ3) is 11.4. The normalized spacial score (nSPS) is 13.4. The first kappa shape index (κ1) is 38.1. The Kier molecular flexibility index (Phi) is 15.3. The molecule has 268 valence electrons. The average Bonchev–Trinajstić information content (AvgIpc) is 3.14. The van der Waals surface area contributed by atoms with Crippen molar-refractivity contribution in [1.82, 2.24) is 15.1 Å². The molecule has 1 heterocycles. The summed E-state index contributed by atoms with van der Waals surface area (Å²) in [4.78, 5) is 42.9. The summed E-state index contributed by atoms with van der Waals surface area (Å²) in [6.45, 7) is 3.80. The van der Waals surface area contributed by atoms with Gasteiger partial charge in [0.15, 0.2) is 0 Å². The number of rotatable bonds is 18. The molecule has 1 aliphatic heterocycles. The number of hydrogen-bond acceptors (Lipinski definition) is 8. The van der Waals surface area contributed by atoms with E-state index in [2.05, 4.69) is 29.6 Å². The van der Waals surface area contributed by atoms with E-state index in [4.69, 9.17) is 19.9 Å². The molecule has 3 aromatic carbocycles. The van der Waals surface area contributed by atoms with Crippen LogP contribution in [0.5, 0.6) is 11.5 Å². The minimum Gasteiger partial charge on any atom is -0.495 e. The number of benzene rings is 3. The van der Waals surface area contributed by atoms with Gasteiger partial charge in [0, 0.05) is 37.8 Å². The average molecular weight is 686 g/mol. The lowest BCUT2D eigenvalue weighted by atomic mass is 10.0. The first-order chi connectivity index (χ1) is 24.3. The van der Waals surface area contributed by atoms with E-state index in [0.29, 0.717) is 73.7 Å². The Balaban J connectivity index is 1.22. The second kappa shape index (κ2) is 20.1. The van der Waals surface area contributed by atoms with Crippen molar-refractivity contribution in [3.8, 4) is 11.5 Å². The first-order valence-corrected chi connectivity index (χ1v) is 17.3. The molecule has 1 saturated heterocycles. The van der Waals surface area contributed by atoms with Crippen molar-refractivity contribution in [3.05, 3.63) is 101 Å².